The number of thioether (sulfide) groups is 1. The Hall–Kier alpha value is -1.40. The Bertz CT molecular complexity index is 466. The minimum Gasteiger partial charge on any atom is -0.504 e. The van der Waals surface area contributed by atoms with Crippen molar-refractivity contribution in [1.82, 2.24) is 4.90 Å². The van der Waals surface area contributed by atoms with Crippen LogP contribution < -0.4 is 0 Å². The van der Waals surface area contributed by atoms with E-state index in [1.54, 1.807) is 17.8 Å². The van der Waals surface area contributed by atoms with Crippen molar-refractivity contribution in [2.75, 3.05) is 18.1 Å². The van der Waals surface area contributed by atoms with Gasteiger partial charge in [0.1, 0.15) is 0 Å². The molecule has 19 heavy (non-hydrogen) atoms. The zero-order valence-corrected chi connectivity index (χ0v) is 11.3. The van der Waals surface area contributed by atoms with Crippen LogP contribution in [0.1, 0.15) is 12.0 Å². The molecule has 1 saturated heterocycles. The molecule has 1 aliphatic rings. The van der Waals surface area contributed by atoms with Gasteiger partial charge in [-0.2, -0.15) is 11.8 Å². The van der Waals surface area contributed by atoms with Crippen molar-refractivity contribution in [1.29, 1.82) is 0 Å². The number of carboxylic acids is 1. The van der Waals surface area contributed by atoms with E-state index in [4.69, 9.17) is 5.11 Å². The van der Waals surface area contributed by atoms with Crippen molar-refractivity contribution in [2.45, 2.75) is 19.0 Å². The number of phenolic OH excluding ortho intramolecular Hbond substituents is 2. The minimum atomic E-state index is -0.786. The van der Waals surface area contributed by atoms with Crippen LogP contribution in [-0.2, 0) is 11.3 Å². The van der Waals surface area contributed by atoms with E-state index < -0.39 is 5.97 Å². The first-order valence-electron chi connectivity index (χ1n) is 6.10. The number of nitrogens with zero attached hydrogens (tertiary/aromatic N) is 1. The average molecular weight is 283 g/mol. The number of benzene rings is 1. The fourth-order valence-electron chi connectivity index (χ4n) is 2.19. The molecule has 1 atom stereocenters. The second kappa shape index (κ2) is 6.16. The quantitative estimate of drug-likeness (QED) is 0.726. The molecule has 6 heteroatoms. The maximum Gasteiger partial charge on any atom is 0.304 e. The monoisotopic (exact) mass is 283 g/mol. The molecule has 0 amide bonds. The molecule has 3 N–H and O–H groups in total. The SMILES string of the molecule is O=C(O)CC1CSCCN1Cc1ccc(O)c(O)c1. The highest BCUT2D eigenvalue weighted by Gasteiger charge is 2.25. The van der Waals surface area contributed by atoms with Crippen molar-refractivity contribution in [3.05, 3.63) is 23.8 Å². The van der Waals surface area contributed by atoms with Crippen LogP contribution in [0.5, 0.6) is 11.5 Å². The molecule has 1 aromatic rings. The van der Waals surface area contributed by atoms with Gasteiger partial charge in [-0.05, 0) is 17.7 Å². The van der Waals surface area contributed by atoms with Crippen LogP contribution in [0.25, 0.3) is 0 Å². The van der Waals surface area contributed by atoms with Gasteiger partial charge < -0.3 is 15.3 Å². The first-order valence-corrected chi connectivity index (χ1v) is 7.26. The van der Waals surface area contributed by atoms with Crippen LogP contribution in [0.2, 0.25) is 0 Å². The van der Waals surface area contributed by atoms with Crippen LogP contribution >= 0.6 is 11.8 Å². The largest absolute Gasteiger partial charge is 0.504 e. The normalized spacial score (nSPS) is 20.3. The summed E-state index contributed by atoms with van der Waals surface area (Å²) in [7, 11) is 0. The highest BCUT2D eigenvalue weighted by Crippen LogP contribution is 2.27. The summed E-state index contributed by atoms with van der Waals surface area (Å²) in [5, 5.41) is 27.7. The highest BCUT2D eigenvalue weighted by molar-refractivity contribution is 7.99. The van der Waals surface area contributed by atoms with E-state index in [-0.39, 0.29) is 24.0 Å². The van der Waals surface area contributed by atoms with E-state index in [9.17, 15) is 15.0 Å². The summed E-state index contributed by atoms with van der Waals surface area (Å²) in [5.41, 5.74) is 0.873. The summed E-state index contributed by atoms with van der Waals surface area (Å²) in [6.45, 7) is 1.43. The van der Waals surface area contributed by atoms with Gasteiger partial charge in [0.2, 0.25) is 0 Å². The van der Waals surface area contributed by atoms with E-state index in [2.05, 4.69) is 4.90 Å². The van der Waals surface area contributed by atoms with Gasteiger partial charge in [0.15, 0.2) is 11.5 Å². The van der Waals surface area contributed by atoms with E-state index >= 15 is 0 Å². The lowest BCUT2D eigenvalue weighted by molar-refractivity contribution is -0.138. The van der Waals surface area contributed by atoms with Crippen LogP contribution in [0, 0.1) is 0 Å². The van der Waals surface area contributed by atoms with Gasteiger partial charge in [0, 0.05) is 30.6 Å². The van der Waals surface area contributed by atoms with Crippen LogP contribution in [-0.4, -0.2) is 50.3 Å². The summed E-state index contributed by atoms with van der Waals surface area (Å²) < 4.78 is 0. The zero-order chi connectivity index (χ0) is 13.8. The number of aliphatic carboxylic acids is 1. The van der Waals surface area contributed by atoms with Crippen LogP contribution in [0.15, 0.2) is 18.2 Å². The molecule has 0 radical (unpaired) electrons. The third-order valence-corrected chi connectivity index (χ3v) is 4.28. The summed E-state index contributed by atoms with van der Waals surface area (Å²) in [6, 6.07) is 4.74. The standard InChI is InChI=1S/C13H17NO4S/c15-11-2-1-9(5-12(11)16)7-14-3-4-19-8-10(14)6-13(17)18/h1-2,5,10,15-16H,3-4,6-8H2,(H,17,18). The fraction of sp³-hybridized carbons (Fsp3) is 0.462. The lowest BCUT2D eigenvalue weighted by Gasteiger charge is -2.34. The predicted molar refractivity (Wildman–Crippen MR) is 73.5 cm³/mol. The van der Waals surface area contributed by atoms with Gasteiger partial charge in [-0.1, -0.05) is 6.07 Å². The number of phenols is 2. The van der Waals surface area contributed by atoms with Gasteiger partial charge in [-0.3, -0.25) is 9.69 Å². The number of carbonyl (C=O) groups is 1. The second-order valence-electron chi connectivity index (χ2n) is 4.62. The molecule has 0 spiro atoms. The minimum absolute atomic E-state index is 0.0206. The Morgan fingerprint density at radius 2 is 2.16 bits per heavy atom. The molecule has 0 bridgehead atoms. The number of carboxylic acid groups (broad SMARTS) is 1. The second-order valence-corrected chi connectivity index (χ2v) is 5.77. The Kier molecular flexibility index (Phi) is 4.55. The number of rotatable bonds is 4. The smallest absolute Gasteiger partial charge is 0.304 e. The van der Waals surface area contributed by atoms with Gasteiger partial charge in [0.25, 0.3) is 0 Å². The van der Waals surface area contributed by atoms with E-state index in [0.717, 1.165) is 23.6 Å². The Balaban J connectivity index is 2.06. The highest BCUT2D eigenvalue weighted by atomic mass is 32.2. The molecule has 1 aliphatic heterocycles. The van der Waals surface area contributed by atoms with Gasteiger partial charge >= 0.3 is 5.97 Å². The van der Waals surface area contributed by atoms with E-state index in [1.165, 1.54) is 12.1 Å². The molecule has 1 aromatic carbocycles. The van der Waals surface area contributed by atoms with Gasteiger partial charge in [-0.25, -0.2) is 0 Å². The molecule has 0 aromatic heterocycles. The predicted octanol–water partition coefficient (Wildman–Crippen LogP) is 1.49. The molecular formula is C13H17NO4S. The summed E-state index contributed by atoms with van der Waals surface area (Å²) in [4.78, 5) is 13.0. The number of hydrogen-bond donors (Lipinski definition) is 3. The maximum atomic E-state index is 10.9. The maximum absolute atomic E-state index is 10.9. The van der Waals surface area contributed by atoms with E-state index in [1.807, 2.05) is 0 Å². The van der Waals surface area contributed by atoms with Crippen molar-refractivity contribution in [2.24, 2.45) is 0 Å². The van der Waals surface area contributed by atoms with Crippen molar-refractivity contribution in [3.8, 4) is 11.5 Å². The van der Waals surface area contributed by atoms with Gasteiger partial charge in [-0.15, -0.1) is 0 Å². The Labute approximate surface area is 115 Å². The molecule has 0 saturated carbocycles. The molecule has 2 rings (SSSR count). The van der Waals surface area contributed by atoms with E-state index in [0.29, 0.717) is 6.54 Å². The van der Waals surface area contributed by atoms with Crippen LogP contribution in [0.4, 0.5) is 0 Å². The first kappa shape index (κ1) is 14.0. The molecular weight excluding hydrogens is 266 g/mol. The van der Waals surface area contributed by atoms with Crippen molar-refractivity contribution in [3.63, 3.8) is 0 Å². The molecule has 0 aliphatic carbocycles. The Morgan fingerprint density at radius 1 is 1.37 bits per heavy atom. The third kappa shape index (κ3) is 3.78. The number of aromatic hydroxyl groups is 2. The van der Waals surface area contributed by atoms with Crippen LogP contribution in [0.3, 0.4) is 0 Å². The molecule has 5 nitrogen and oxygen atoms in total. The first-order chi connectivity index (χ1) is 9.06. The topological polar surface area (TPSA) is 81.0 Å². The molecule has 104 valence electrons. The zero-order valence-electron chi connectivity index (χ0n) is 10.5. The average Bonchev–Trinajstić information content (AvgIpc) is 2.36. The number of hydrogen-bond acceptors (Lipinski definition) is 5. The molecule has 1 heterocycles. The fourth-order valence-corrected chi connectivity index (χ4v) is 3.32. The molecule has 1 unspecified atom stereocenters. The third-order valence-electron chi connectivity index (χ3n) is 3.19. The summed E-state index contributed by atoms with van der Waals surface area (Å²) in [5.74, 6) is 0.737. The van der Waals surface area contributed by atoms with Crippen molar-refractivity contribution < 1.29 is 20.1 Å². The summed E-state index contributed by atoms with van der Waals surface area (Å²) >= 11 is 1.77. The molecule has 1 fully saturated rings. The van der Waals surface area contributed by atoms with Gasteiger partial charge in [0.05, 0.1) is 6.42 Å². The lowest BCUT2D eigenvalue weighted by atomic mass is 10.1. The lowest BCUT2D eigenvalue weighted by Crippen LogP contribution is -2.42. The summed E-state index contributed by atoms with van der Waals surface area (Å²) in [6.07, 6.45) is 0.136. The van der Waals surface area contributed by atoms with Crippen molar-refractivity contribution >= 4 is 17.7 Å². The Morgan fingerprint density at radius 3 is 2.84 bits per heavy atom.